The Bertz CT molecular complexity index is 240. The van der Waals surface area contributed by atoms with Crippen molar-refractivity contribution in [1.82, 2.24) is 0 Å². The molecule has 108 valence electrons. The average Bonchev–Trinajstić information content (AvgIpc) is 2.14. The van der Waals surface area contributed by atoms with Crippen molar-refractivity contribution in [1.29, 1.82) is 0 Å². The summed E-state index contributed by atoms with van der Waals surface area (Å²) in [5.74, 6) is 0.872. The van der Waals surface area contributed by atoms with Crippen LogP contribution >= 0.6 is 0 Å². The molecule has 0 unspecified atom stereocenters. The minimum Gasteiger partial charge on any atom is -0.325 e. The molecule has 1 rings (SSSR count). The Labute approximate surface area is 115 Å². The molecule has 0 aromatic heterocycles. The molecular weight excluding hydrogens is 218 g/mol. The number of hydrogen-bond acceptors (Lipinski definition) is 1. The van der Waals surface area contributed by atoms with E-state index in [0.717, 1.165) is 5.92 Å². The van der Waals surface area contributed by atoms with Crippen LogP contribution in [0, 0.1) is 16.7 Å². The van der Waals surface area contributed by atoms with E-state index in [-0.39, 0.29) is 5.54 Å². The minimum atomic E-state index is 0.146. The van der Waals surface area contributed by atoms with Gasteiger partial charge >= 0.3 is 0 Å². The summed E-state index contributed by atoms with van der Waals surface area (Å²) in [6.45, 7) is 14.1. The van der Waals surface area contributed by atoms with Gasteiger partial charge in [-0.1, -0.05) is 48.0 Å². The molecule has 2 N–H and O–H groups in total. The van der Waals surface area contributed by atoms with E-state index in [4.69, 9.17) is 5.73 Å². The van der Waals surface area contributed by atoms with E-state index < -0.39 is 0 Å². The quantitative estimate of drug-likeness (QED) is 0.740. The Morgan fingerprint density at radius 1 is 1.00 bits per heavy atom. The molecule has 1 fully saturated rings. The first-order chi connectivity index (χ1) is 8.02. The second kappa shape index (κ2) is 5.53. The maximum absolute atomic E-state index is 6.59. The van der Waals surface area contributed by atoms with Crippen molar-refractivity contribution in [3.05, 3.63) is 0 Å². The van der Waals surface area contributed by atoms with Crippen molar-refractivity contribution < 1.29 is 0 Å². The Morgan fingerprint density at radius 2 is 1.50 bits per heavy atom. The topological polar surface area (TPSA) is 26.0 Å². The zero-order valence-electron chi connectivity index (χ0n) is 13.6. The van der Waals surface area contributed by atoms with Crippen LogP contribution in [0.5, 0.6) is 0 Å². The largest absolute Gasteiger partial charge is 0.325 e. The van der Waals surface area contributed by atoms with Crippen LogP contribution in [-0.4, -0.2) is 5.54 Å². The molecule has 0 radical (unpaired) electrons. The highest BCUT2D eigenvalue weighted by molar-refractivity contribution is 4.92. The van der Waals surface area contributed by atoms with E-state index in [1.807, 2.05) is 0 Å². The van der Waals surface area contributed by atoms with Crippen LogP contribution in [-0.2, 0) is 0 Å². The molecule has 1 aliphatic carbocycles. The first-order valence-corrected chi connectivity index (χ1v) is 7.81. The van der Waals surface area contributed by atoms with Gasteiger partial charge in [0.05, 0.1) is 0 Å². The molecule has 1 heteroatoms. The lowest BCUT2D eigenvalue weighted by Crippen LogP contribution is -2.45. The van der Waals surface area contributed by atoms with Crippen LogP contribution in [0.25, 0.3) is 0 Å². The Balaban J connectivity index is 2.36. The van der Waals surface area contributed by atoms with Crippen molar-refractivity contribution in [2.24, 2.45) is 22.5 Å². The molecule has 1 aliphatic rings. The van der Waals surface area contributed by atoms with E-state index >= 15 is 0 Å². The molecule has 1 nitrogen and oxygen atoms in total. The van der Waals surface area contributed by atoms with Crippen LogP contribution in [0.2, 0.25) is 0 Å². The van der Waals surface area contributed by atoms with Gasteiger partial charge in [-0.05, 0) is 55.3 Å². The van der Waals surface area contributed by atoms with Gasteiger partial charge < -0.3 is 5.73 Å². The molecule has 1 saturated carbocycles. The van der Waals surface area contributed by atoms with Gasteiger partial charge in [0.15, 0.2) is 0 Å². The molecule has 0 bridgehead atoms. The maximum atomic E-state index is 6.59. The zero-order valence-corrected chi connectivity index (χ0v) is 13.6. The third-order valence-electron chi connectivity index (χ3n) is 4.81. The van der Waals surface area contributed by atoms with Crippen LogP contribution in [0.4, 0.5) is 0 Å². The lowest BCUT2D eigenvalue weighted by atomic mass is 9.66. The average molecular weight is 253 g/mol. The highest BCUT2D eigenvalue weighted by Crippen LogP contribution is 2.42. The van der Waals surface area contributed by atoms with Gasteiger partial charge in [-0.25, -0.2) is 0 Å². The van der Waals surface area contributed by atoms with Crippen LogP contribution in [0.15, 0.2) is 0 Å². The summed E-state index contributed by atoms with van der Waals surface area (Å²) in [6.07, 6.45) is 8.94. The molecule has 0 amide bonds. The zero-order chi connectivity index (χ0) is 14.0. The van der Waals surface area contributed by atoms with Gasteiger partial charge in [0.1, 0.15) is 0 Å². The highest BCUT2D eigenvalue weighted by Gasteiger charge is 2.35. The van der Waals surface area contributed by atoms with Gasteiger partial charge in [0.2, 0.25) is 0 Å². The molecule has 0 saturated heterocycles. The van der Waals surface area contributed by atoms with E-state index in [0.29, 0.717) is 10.8 Å². The van der Waals surface area contributed by atoms with Crippen molar-refractivity contribution in [3.8, 4) is 0 Å². The predicted octanol–water partition coefficient (Wildman–Crippen LogP) is 5.14. The van der Waals surface area contributed by atoms with Crippen LogP contribution in [0.3, 0.4) is 0 Å². The fourth-order valence-electron chi connectivity index (χ4n) is 3.28. The first-order valence-electron chi connectivity index (χ1n) is 7.81. The third-order valence-corrected chi connectivity index (χ3v) is 4.81. The number of nitrogens with two attached hydrogens (primary N) is 1. The second-order valence-electron chi connectivity index (χ2n) is 8.92. The van der Waals surface area contributed by atoms with Gasteiger partial charge in [-0.15, -0.1) is 0 Å². The SMILES string of the molecule is CC(C)(C)CCCC1(N)CCC(C(C)(C)C)CC1. The van der Waals surface area contributed by atoms with Crippen LogP contribution in [0.1, 0.15) is 86.5 Å². The Kier molecular flexibility index (Phi) is 4.92. The third kappa shape index (κ3) is 5.30. The molecule has 18 heavy (non-hydrogen) atoms. The second-order valence-corrected chi connectivity index (χ2v) is 8.92. The first kappa shape index (κ1) is 16.0. The smallest absolute Gasteiger partial charge is 0.0154 e. The molecule has 0 heterocycles. The van der Waals surface area contributed by atoms with Gasteiger partial charge in [-0.3, -0.25) is 0 Å². The predicted molar refractivity (Wildman–Crippen MR) is 81.6 cm³/mol. The van der Waals surface area contributed by atoms with Crippen molar-refractivity contribution in [2.45, 2.75) is 92.0 Å². The fraction of sp³-hybridized carbons (Fsp3) is 1.00. The lowest BCUT2D eigenvalue weighted by Gasteiger charge is -2.42. The van der Waals surface area contributed by atoms with Gasteiger partial charge in [0.25, 0.3) is 0 Å². The Morgan fingerprint density at radius 3 is 1.89 bits per heavy atom. The van der Waals surface area contributed by atoms with Crippen molar-refractivity contribution in [2.75, 3.05) is 0 Å². The standard InChI is InChI=1S/C17H35N/c1-15(2,3)10-7-11-17(18)12-8-14(9-13-17)16(4,5)6/h14H,7-13,18H2,1-6H3. The number of hydrogen-bond donors (Lipinski definition) is 1. The normalized spacial score (nSPS) is 30.5. The summed E-state index contributed by atoms with van der Waals surface area (Å²) in [4.78, 5) is 0. The molecule has 0 aromatic carbocycles. The summed E-state index contributed by atoms with van der Waals surface area (Å²) in [5, 5.41) is 0. The summed E-state index contributed by atoms with van der Waals surface area (Å²) in [7, 11) is 0. The van der Waals surface area contributed by atoms with E-state index in [1.165, 1.54) is 44.9 Å². The molecule has 0 aromatic rings. The minimum absolute atomic E-state index is 0.146. The van der Waals surface area contributed by atoms with Crippen molar-refractivity contribution >= 4 is 0 Å². The fourth-order valence-corrected chi connectivity index (χ4v) is 3.28. The molecular formula is C17H35N. The van der Waals surface area contributed by atoms with E-state index in [9.17, 15) is 0 Å². The summed E-state index contributed by atoms with van der Waals surface area (Å²) in [5.41, 5.74) is 7.66. The summed E-state index contributed by atoms with van der Waals surface area (Å²) in [6, 6.07) is 0. The lowest BCUT2D eigenvalue weighted by molar-refractivity contribution is 0.126. The molecule has 0 atom stereocenters. The summed E-state index contributed by atoms with van der Waals surface area (Å²) < 4.78 is 0. The van der Waals surface area contributed by atoms with E-state index in [2.05, 4.69) is 41.5 Å². The van der Waals surface area contributed by atoms with Gasteiger partial charge in [0, 0.05) is 5.54 Å². The maximum Gasteiger partial charge on any atom is 0.0154 e. The summed E-state index contributed by atoms with van der Waals surface area (Å²) >= 11 is 0. The molecule has 0 spiro atoms. The van der Waals surface area contributed by atoms with Crippen LogP contribution < -0.4 is 5.73 Å². The number of rotatable bonds is 3. The van der Waals surface area contributed by atoms with Gasteiger partial charge in [-0.2, -0.15) is 0 Å². The highest BCUT2D eigenvalue weighted by atomic mass is 14.7. The van der Waals surface area contributed by atoms with Crippen molar-refractivity contribution in [3.63, 3.8) is 0 Å². The Hall–Kier alpha value is -0.0400. The van der Waals surface area contributed by atoms with E-state index in [1.54, 1.807) is 0 Å². The molecule has 0 aliphatic heterocycles. The monoisotopic (exact) mass is 253 g/mol.